The molecular formula is C14H21ClN2O2S. The molecule has 6 heteroatoms. The Labute approximate surface area is 126 Å². The maximum atomic E-state index is 10.9. The quantitative estimate of drug-likeness (QED) is 0.758. The van der Waals surface area contributed by atoms with Gasteiger partial charge in [-0.15, -0.1) is 0 Å². The number of halogens is 1. The Morgan fingerprint density at radius 3 is 2.60 bits per heavy atom. The van der Waals surface area contributed by atoms with Crippen LogP contribution in [-0.4, -0.2) is 33.8 Å². The molecule has 1 aromatic rings. The number of hydrogen-bond acceptors (Lipinski definition) is 3. The lowest BCUT2D eigenvalue weighted by Crippen LogP contribution is -2.41. The average molecular weight is 317 g/mol. The Balaban J connectivity index is 1.62. The fourth-order valence-electron chi connectivity index (χ4n) is 2.50. The summed E-state index contributed by atoms with van der Waals surface area (Å²) in [6.07, 6.45) is 4.19. The second-order valence-corrected chi connectivity index (χ2v) is 7.60. The van der Waals surface area contributed by atoms with Crippen LogP contribution < -0.4 is 10.0 Å². The van der Waals surface area contributed by atoms with Crippen molar-refractivity contribution in [1.29, 1.82) is 0 Å². The largest absolute Gasteiger partial charge is 0.314 e. The number of hydrogen-bond donors (Lipinski definition) is 2. The molecule has 1 aromatic carbocycles. The average Bonchev–Trinajstić information content (AvgIpc) is 2.31. The molecule has 0 unspecified atom stereocenters. The fraction of sp³-hybridized carbons (Fsp3) is 0.571. The van der Waals surface area contributed by atoms with Crippen molar-refractivity contribution in [3.05, 3.63) is 34.9 Å². The molecule has 1 saturated carbocycles. The van der Waals surface area contributed by atoms with Crippen molar-refractivity contribution >= 4 is 21.6 Å². The van der Waals surface area contributed by atoms with Crippen LogP contribution in [0.25, 0.3) is 0 Å². The molecule has 0 aromatic heterocycles. The molecule has 0 bridgehead atoms. The van der Waals surface area contributed by atoms with E-state index < -0.39 is 10.0 Å². The van der Waals surface area contributed by atoms with Gasteiger partial charge in [0.1, 0.15) is 0 Å². The zero-order valence-electron chi connectivity index (χ0n) is 11.6. The van der Waals surface area contributed by atoms with Crippen LogP contribution in [0.3, 0.4) is 0 Å². The van der Waals surface area contributed by atoms with Gasteiger partial charge in [-0.2, -0.15) is 0 Å². The van der Waals surface area contributed by atoms with E-state index in [0.717, 1.165) is 30.8 Å². The van der Waals surface area contributed by atoms with Gasteiger partial charge in [-0.1, -0.05) is 29.8 Å². The third kappa shape index (κ3) is 4.74. The number of rotatable bonds is 7. The first-order chi connectivity index (χ1) is 9.46. The fourth-order valence-corrected chi connectivity index (χ4v) is 3.30. The Morgan fingerprint density at radius 2 is 1.95 bits per heavy atom. The van der Waals surface area contributed by atoms with E-state index in [2.05, 4.69) is 16.1 Å². The molecule has 112 valence electrons. The molecule has 0 aliphatic heterocycles. The summed E-state index contributed by atoms with van der Waals surface area (Å²) in [6.45, 7) is 1.33. The predicted molar refractivity (Wildman–Crippen MR) is 82.7 cm³/mol. The molecule has 0 atom stereocenters. The summed E-state index contributed by atoms with van der Waals surface area (Å²) in [7, 11) is -3.06. The lowest BCUT2D eigenvalue weighted by Gasteiger charge is -2.36. The molecule has 1 fully saturated rings. The highest BCUT2D eigenvalue weighted by Gasteiger charge is 2.30. The molecule has 4 nitrogen and oxygen atoms in total. The minimum Gasteiger partial charge on any atom is -0.314 e. The van der Waals surface area contributed by atoms with Crippen LogP contribution in [0.4, 0.5) is 0 Å². The van der Waals surface area contributed by atoms with Crippen LogP contribution in [0.5, 0.6) is 0 Å². The Kier molecular flexibility index (Phi) is 5.43. The van der Waals surface area contributed by atoms with Crippen molar-refractivity contribution in [3.63, 3.8) is 0 Å². The first-order valence-electron chi connectivity index (χ1n) is 6.88. The molecule has 0 saturated heterocycles. The summed E-state index contributed by atoms with van der Waals surface area (Å²) in [5.74, 6) is 0.551. The van der Waals surface area contributed by atoms with Gasteiger partial charge in [0, 0.05) is 17.6 Å². The third-order valence-electron chi connectivity index (χ3n) is 3.63. The molecule has 1 aliphatic carbocycles. The van der Waals surface area contributed by atoms with E-state index >= 15 is 0 Å². The number of nitrogens with one attached hydrogen (secondary N) is 2. The summed E-state index contributed by atoms with van der Waals surface area (Å²) in [5.41, 5.74) is 1.24. The third-order valence-corrected chi connectivity index (χ3v) is 4.71. The highest BCUT2D eigenvalue weighted by Crippen LogP contribution is 2.39. The molecule has 2 N–H and O–H groups in total. The van der Waals surface area contributed by atoms with Crippen molar-refractivity contribution in [1.82, 2.24) is 10.0 Å². The topological polar surface area (TPSA) is 58.2 Å². The summed E-state index contributed by atoms with van der Waals surface area (Å²) in [5, 5.41) is 4.30. The van der Waals surface area contributed by atoms with Gasteiger partial charge in [-0.05, 0) is 43.4 Å². The van der Waals surface area contributed by atoms with Gasteiger partial charge >= 0.3 is 0 Å². The minimum absolute atomic E-state index is 0.493. The summed E-state index contributed by atoms with van der Waals surface area (Å²) in [6, 6.07) is 8.54. The van der Waals surface area contributed by atoms with Crippen molar-refractivity contribution in [2.24, 2.45) is 0 Å². The van der Waals surface area contributed by atoms with Crippen LogP contribution in [0, 0.1) is 0 Å². The Hall–Kier alpha value is -0.620. The molecule has 20 heavy (non-hydrogen) atoms. The summed E-state index contributed by atoms with van der Waals surface area (Å²) in [4.78, 5) is 0. The van der Waals surface area contributed by atoms with Crippen molar-refractivity contribution in [2.45, 2.75) is 31.2 Å². The molecule has 2 rings (SSSR count). The van der Waals surface area contributed by atoms with E-state index in [0.29, 0.717) is 18.5 Å². The van der Waals surface area contributed by atoms with Crippen LogP contribution >= 0.6 is 11.6 Å². The molecule has 0 spiro atoms. The maximum Gasteiger partial charge on any atom is 0.208 e. The van der Waals surface area contributed by atoms with E-state index in [9.17, 15) is 8.42 Å². The van der Waals surface area contributed by atoms with Gasteiger partial charge in [0.05, 0.1) is 6.26 Å². The summed E-state index contributed by atoms with van der Waals surface area (Å²) < 4.78 is 24.3. The normalized spacial score (nSPS) is 22.5. The number of sulfonamides is 1. The predicted octanol–water partition coefficient (Wildman–Crippen LogP) is 2.11. The lowest BCUT2D eigenvalue weighted by atomic mass is 9.76. The van der Waals surface area contributed by atoms with Gasteiger partial charge in [-0.25, -0.2) is 13.1 Å². The number of benzene rings is 1. The first-order valence-corrected chi connectivity index (χ1v) is 9.15. The maximum absolute atomic E-state index is 10.9. The second kappa shape index (κ2) is 6.89. The highest BCUT2D eigenvalue weighted by molar-refractivity contribution is 7.88. The van der Waals surface area contributed by atoms with Gasteiger partial charge in [-0.3, -0.25) is 0 Å². The molecule has 0 amide bonds. The first kappa shape index (κ1) is 15.8. The van der Waals surface area contributed by atoms with E-state index in [1.807, 2.05) is 18.2 Å². The second-order valence-electron chi connectivity index (χ2n) is 5.36. The molecule has 0 radical (unpaired) electrons. The zero-order chi connectivity index (χ0) is 14.6. The monoisotopic (exact) mass is 316 g/mol. The van der Waals surface area contributed by atoms with Crippen molar-refractivity contribution < 1.29 is 8.42 Å². The minimum atomic E-state index is -3.06. The summed E-state index contributed by atoms with van der Waals surface area (Å²) >= 11 is 6.18. The zero-order valence-corrected chi connectivity index (χ0v) is 13.2. The van der Waals surface area contributed by atoms with E-state index in [1.165, 1.54) is 11.8 Å². The van der Waals surface area contributed by atoms with Crippen LogP contribution in [0.15, 0.2) is 24.3 Å². The molecule has 1 aliphatic rings. The molecule has 0 heterocycles. The van der Waals surface area contributed by atoms with Crippen LogP contribution in [0.2, 0.25) is 5.02 Å². The van der Waals surface area contributed by atoms with Crippen LogP contribution in [-0.2, 0) is 10.0 Å². The van der Waals surface area contributed by atoms with Gasteiger partial charge in [0.2, 0.25) is 10.0 Å². The Morgan fingerprint density at radius 1 is 1.25 bits per heavy atom. The lowest BCUT2D eigenvalue weighted by molar-refractivity contribution is 0.291. The highest BCUT2D eigenvalue weighted by atomic mass is 35.5. The van der Waals surface area contributed by atoms with Gasteiger partial charge < -0.3 is 5.32 Å². The van der Waals surface area contributed by atoms with E-state index in [-0.39, 0.29) is 0 Å². The van der Waals surface area contributed by atoms with Crippen LogP contribution in [0.1, 0.15) is 30.7 Å². The smallest absolute Gasteiger partial charge is 0.208 e. The molecular weight excluding hydrogens is 296 g/mol. The Bertz CT molecular complexity index is 542. The SMILES string of the molecule is CS(=O)(=O)NCCCNC1CC(c2ccccc2Cl)C1. The van der Waals surface area contributed by atoms with E-state index in [4.69, 9.17) is 11.6 Å². The van der Waals surface area contributed by atoms with Crippen molar-refractivity contribution in [3.8, 4) is 0 Å². The van der Waals surface area contributed by atoms with E-state index in [1.54, 1.807) is 0 Å². The van der Waals surface area contributed by atoms with Gasteiger partial charge in [0.15, 0.2) is 0 Å². The van der Waals surface area contributed by atoms with Crippen molar-refractivity contribution in [2.75, 3.05) is 19.3 Å². The standard InChI is InChI=1S/C14H21ClN2O2S/c1-20(18,19)17-8-4-7-16-12-9-11(10-12)13-5-2-3-6-14(13)15/h2-3,5-6,11-12,16-17H,4,7-10H2,1H3. The van der Waals surface area contributed by atoms with Gasteiger partial charge in [0.25, 0.3) is 0 Å².